The first-order valence-corrected chi connectivity index (χ1v) is 10.7. The first-order valence-electron chi connectivity index (χ1n) is 9.07. The van der Waals surface area contributed by atoms with Crippen molar-refractivity contribution in [1.82, 2.24) is 0 Å². The summed E-state index contributed by atoms with van der Waals surface area (Å²) in [5.41, 5.74) is 3.03. The third-order valence-corrected chi connectivity index (χ3v) is 5.05. The van der Waals surface area contributed by atoms with Crippen molar-refractivity contribution in [2.45, 2.75) is 0 Å². The van der Waals surface area contributed by atoms with Crippen molar-refractivity contribution in [3.8, 4) is 0 Å². The maximum Gasteiger partial charge on any atom is 0.248 e. The number of carbonyl (C=O) groups is 2. The van der Waals surface area contributed by atoms with Crippen LogP contribution in [0, 0.1) is 0 Å². The molecule has 0 bridgehead atoms. The first kappa shape index (κ1) is 21.7. The summed E-state index contributed by atoms with van der Waals surface area (Å²) in [6.07, 6.45) is 6.41. The summed E-state index contributed by atoms with van der Waals surface area (Å²) >= 11 is 6.76. The van der Waals surface area contributed by atoms with Crippen LogP contribution in [0.2, 0.25) is 0 Å². The highest BCUT2D eigenvalue weighted by molar-refractivity contribution is 9.10. The van der Waals surface area contributed by atoms with Gasteiger partial charge in [0.15, 0.2) is 0 Å². The molecule has 0 fully saturated rings. The van der Waals surface area contributed by atoms with Crippen LogP contribution in [0.5, 0.6) is 0 Å². The third kappa shape index (κ3) is 7.13. The number of nitrogens with one attached hydrogen (secondary N) is 2. The Bertz CT molecular complexity index is 1000. The molecule has 0 heterocycles. The molecule has 0 radical (unpaired) electrons. The molecule has 6 heteroatoms. The van der Waals surface area contributed by atoms with Gasteiger partial charge in [0, 0.05) is 32.5 Å². The molecule has 3 rings (SSSR count). The maximum absolute atomic E-state index is 12.2. The van der Waals surface area contributed by atoms with E-state index < -0.39 is 0 Å². The second-order valence-electron chi connectivity index (χ2n) is 6.33. The normalized spacial score (nSPS) is 11.0. The Labute approximate surface area is 192 Å². The average molecular weight is 526 g/mol. The monoisotopic (exact) mass is 524 g/mol. The predicted molar refractivity (Wildman–Crippen MR) is 130 cm³/mol. The van der Waals surface area contributed by atoms with Gasteiger partial charge in [-0.1, -0.05) is 62.2 Å². The summed E-state index contributed by atoms with van der Waals surface area (Å²) < 4.78 is 1.96. The highest BCUT2D eigenvalue weighted by Crippen LogP contribution is 2.16. The van der Waals surface area contributed by atoms with Crippen LogP contribution in [0.4, 0.5) is 11.4 Å². The molecule has 30 heavy (non-hydrogen) atoms. The molecule has 3 aromatic carbocycles. The first-order chi connectivity index (χ1) is 14.5. The fraction of sp³-hybridized carbons (Fsp3) is 0. The molecule has 0 aliphatic heterocycles. The zero-order chi connectivity index (χ0) is 21.3. The largest absolute Gasteiger partial charge is 0.322 e. The number of halogens is 2. The maximum atomic E-state index is 12.2. The van der Waals surface area contributed by atoms with E-state index in [1.807, 2.05) is 48.5 Å². The number of anilines is 2. The number of hydrogen-bond acceptors (Lipinski definition) is 2. The van der Waals surface area contributed by atoms with Crippen LogP contribution in [0.15, 0.2) is 93.9 Å². The smallest absolute Gasteiger partial charge is 0.248 e. The van der Waals surface area contributed by atoms with Crippen LogP contribution >= 0.6 is 31.9 Å². The Hall–Kier alpha value is -2.96. The van der Waals surface area contributed by atoms with Gasteiger partial charge < -0.3 is 10.6 Å². The molecule has 3 aromatic rings. The van der Waals surface area contributed by atoms with E-state index in [0.717, 1.165) is 20.1 Å². The van der Waals surface area contributed by atoms with Gasteiger partial charge in [-0.15, -0.1) is 0 Å². The molecule has 2 amide bonds. The fourth-order valence-electron chi connectivity index (χ4n) is 2.53. The van der Waals surface area contributed by atoms with E-state index in [1.165, 1.54) is 12.2 Å². The number of benzene rings is 3. The number of carbonyl (C=O) groups excluding carboxylic acids is 2. The lowest BCUT2D eigenvalue weighted by Crippen LogP contribution is -2.10. The van der Waals surface area contributed by atoms with E-state index in [4.69, 9.17) is 0 Å². The Morgan fingerprint density at radius 2 is 1.03 bits per heavy atom. The molecule has 2 N–H and O–H groups in total. The fourth-order valence-corrected chi connectivity index (χ4v) is 3.06. The third-order valence-electron chi connectivity index (χ3n) is 3.99. The second kappa shape index (κ2) is 10.7. The van der Waals surface area contributed by atoms with Crippen molar-refractivity contribution in [2.24, 2.45) is 0 Å². The summed E-state index contributed by atoms with van der Waals surface area (Å²) in [7, 11) is 0. The van der Waals surface area contributed by atoms with E-state index >= 15 is 0 Å². The van der Waals surface area contributed by atoms with Gasteiger partial charge in [-0.2, -0.15) is 0 Å². The quantitative estimate of drug-likeness (QED) is 0.360. The van der Waals surface area contributed by atoms with Crippen molar-refractivity contribution >= 4 is 67.2 Å². The van der Waals surface area contributed by atoms with E-state index in [2.05, 4.69) is 42.5 Å². The predicted octanol–water partition coefficient (Wildman–Crippen LogP) is 6.52. The van der Waals surface area contributed by atoms with Gasteiger partial charge in [-0.3, -0.25) is 9.59 Å². The zero-order valence-electron chi connectivity index (χ0n) is 15.8. The van der Waals surface area contributed by atoms with Crippen LogP contribution in [0.1, 0.15) is 11.1 Å². The van der Waals surface area contributed by atoms with Gasteiger partial charge in [-0.05, 0) is 65.7 Å². The standard InChI is InChI=1S/C24H18Br2N2O2/c25-19-10-4-17(5-11-19)8-14-23(29)27-21-2-1-3-22(16-21)28-24(30)15-9-18-6-12-20(26)13-7-18/h1-16H,(H,27,29)(H,28,30)/b14-8+,15-9+. The van der Waals surface area contributed by atoms with E-state index in [-0.39, 0.29) is 11.8 Å². The summed E-state index contributed by atoms with van der Waals surface area (Å²) in [5.74, 6) is -0.506. The highest BCUT2D eigenvalue weighted by atomic mass is 79.9. The van der Waals surface area contributed by atoms with E-state index in [9.17, 15) is 9.59 Å². The number of amides is 2. The molecule has 0 saturated heterocycles. The van der Waals surface area contributed by atoms with Crippen molar-refractivity contribution in [2.75, 3.05) is 10.6 Å². The Kier molecular flexibility index (Phi) is 7.76. The van der Waals surface area contributed by atoms with Crippen LogP contribution in [0.25, 0.3) is 12.2 Å². The van der Waals surface area contributed by atoms with E-state index in [1.54, 1.807) is 36.4 Å². The van der Waals surface area contributed by atoms with Gasteiger partial charge in [0.25, 0.3) is 0 Å². The topological polar surface area (TPSA) is 58.2 Å². The van der Waals surface area contributed by atoms with Gasteiger partial charge in [0.05, 0.1) is 0 Å². The Morgan fingerprint density at radius 1 is 0.633 bits per heavy atom. The van der Waals surface area contributed by atoms with Crippen molar-refractivity contribution in [3.05, 3.63) is 105 Å². The molecule has 0 unspecified atom stereocenters. The molecule has 0 saturated carbocycles. The van der Waals surface area contributed by atoms with Gasteiger partial charge in [-0.25, -0.2) is 0 Å². The summed E-state index contributed by atoms with van der Waals surface area (Å²) in [5, 5.41) is 5.58. The zero-order valence-corrected chi connectivity index (χ0v) is 19.0. The lowest BCUT2D eigenvalue weighted by Gasteiger charge is -2.06. The molecular formula is C24H18Br2N2O2. The molecular weight excluding hydrogens is 508 g/mol. The molecule has 0 aromatic heterocycles. The number of rotatable bonds is 6. The number of hydrogen-bond donors (Lipinski definition) is 2. The van der Waals surface area contributed by atoms with Crippen LogP contribution < -0.4 is 10.6 Å². The molecule has 0 atom stereocenters. The van der Waals surface area contributed by atoms with Gasteiger partial charge in [0.1, 0.15) is 0 Å². The van der Waals surface area contributed by atoms with Crippen molar-refractivity contribution in [3.63, 3.8) is 0 Å². The molecule has 0 spiro atoms. The van der Waals surface area contributed by atoms with Crippen LogP contribution in [-0.4, -0.2) is 11.8 Å². The van der Waals surface area contributed by atoms with Crippen molar-refractivity contribution < 1.29 is 9.59 Å². The molecule has 0 aliphatic rings. The summed E-state index contributed by atoms with van der Waals surface area (Å²) in [4.78, 5) is 24.3. The lowest BCUT2D eigenvalue weighted by atomic mass is 10.2. The lowest BCUT2D eigenvalue weighted by molar-refractivity contribution is -0.112. The Balaban J connectivity index is 1.57. The van der Waals surface area contributed by atoms with Crippen LogP contribution in [-0.2, 0) is 9.59 Å². The van der Waals surface area contributed by atoms with Gasteiger partial charge >= 0.3 is 0 Å². The minimum absolute atomic E-state index is 0.253. The highest BCUT2D eigenvalue weighted by Gasteiger charge is 2.02. The van der Waals surface area contributed by atoms with Gasteiger partial charge in [0.2, 0.25) is 11.8 Å². The van der Waals surface area contributed by atoms with Crippen LogP contribution in [0.3, 0.4) is 0 Å². The summed E-state index contributed by atoms with van der Waals surface area (Å²) in [6.45, 7) is 0. The minimum Gasteiger partial charge on any atom is -0.322 e. The minimum atomic E-state index is -0.253. The average Bonchev–Trinajstić information content (AvgIpc) is 2.73. The molecule has 4 nitrogen and oxygen atoms in total. The second-order valence-corrected chi connectivity index (χ2v) is 8.16. The van der Waals surface area contributed by atoms with Crippen molar-refractivity contribution in [1.29, 1.82) is 0 Å². The SMILES string of the molecule is O=C(/C=C/c1ccc(Br)cc1)Nc1cccc(NC(=O)/C=C/c2ccc(Br)cc2)c1. The Morgan fingerprint density at radius 3 is 1.43 bits per heavy atom. The molecule has 0 aliphatic carbocycles. The molecule has 150 valence electrons. The van der Waals surface area contributed by atoms with E-state index in [0.29, 0.717) is 11.4 Å². The summed E-state index contributed by atoms with van der Waals surface area (Å²) in [6, 6.07) is 22.3.